The molecule has 3 N–H and O–H groups in total. The van der Waals surface area contributed by atoms with Gasteiger partial charge in [0, 0.05) is 31.0 Å². The van der Waals surface area contributed by atoms with E-state index in [9.17, 15) is 24.3 Å². The van der Waals surface area contributed by atoms with Crippen molar-refractivity contribution in [1.29, 1.82) is 0 Å². The van der Waals surface area contributed by atoms with Crippen molar-refractivity contribution >= 4 is 23.6 Å². The van der Waals surface area contributed by atoms with Crippen LogP contribution in [0.4, 0.5) is 4.79 Å². The summed E-state index contributed by atoms with van der Waals surface area (Å²) in [5.74, 6) is -1.20. The molecule has 2 aliphatic carbocycles. The van der Waals surface area contributed by atoms with Crippen molar-refractivity contribution in [2.45, 2.75) is 78.2 Å². The third-order valence-electron chi connectivity index (χ3n) is 7.94. The average molecular weight is 575 g/mol. The molecule has 8 heteroatoms. The van der Waals surface area contributed by atoms with Crippen molar-refractivity contribution in [3.05, 3.63) is 70.9 Å². The lowest BCUT2D eigenvalue weighted by molar-refractivity contribution is -0.139. The van der Waals surface area contributed by atoms with E-state index in [1.165, 1.54) is 0 Å². The van der Waals surface area contributed by atoms with E-state index in [0.29, 0.717) is 49.9 Å². The monoisotopic (exact) mass is 574 g/mol. The van der Waals surface area contributed by atoms with Gasteiger partial charge in [-0.3, -0.25) is 9.59 Å². The summed E-state index contributed by atoms with van der Waals surface area (Å²) in [7, 11) is 0. The van der Waals surface area contributed by atoms with Gasteiger partial charge < -0.3 is 20.5 Å². The fraction of sp³-hybridized carbons (Fsp3) is 0.471. The molecule has 2 aromatic carbocycles. The van der Waals surface area contributed by atoms with Crippen LogP contribution in [0.3, 0.4) is 0 Å². The maximum atomic E-state index is 12.8. The van der Waals surface area contributed by atoms with Gasteiger partial charge in [-0.2, -0.15) is 0 Å². The molecule has 1 atom stereocenters. The number of nitrogens with one attached hydrogen (secondary N) is 2. The van der Waals surface area contributed by atoms with Crippen LogP contribution in [0.2, 0.25) is 0 Å². The van der Waals surface area contributed by atoms with Crippen molar-refractivity contribution < 1.29 is 29.0 Å². The first-order valence-electron chi connectivity index (χ1n) is 14.8. The number of carboxylic acid groups (broad SMARTS) is 1. The average Bonchev–Trinajstić information content (AvgIpc) is 3.23. The second-order valence-corrected chi connectivity index (χ2v) is 12.6. The highest BCUT2D eigenvalue weighted by Crippen LogP contribution is 2.44. The van der Waals surface area contributed by atoms with Crippen molar-refractivity contribution in [2.75, 3.05) is 13.2 Å². The molecule has 0 radical (unpaired) electrons. The molecule has 0 aliphatic heterocycles. The van der Waals surface area contributed by atoms with Crippen molar-refractivity contribution in [1.82, 2.24) is 10.6 Å². The summed E-state index contributed by atoms with van der Waals surface area (Å²) in [6, 6.07) is 15.0. The zero-order valence-corrected chi connectivity index (χ0v) is 25.0. The topological polar surface area (TPSA) is 122 Å². The highest BCUT2D eigenvalue weighted by atomic mass is 16.5. The van der Waals surface area contributed by atoms with E-state index >= 15 is 0 Å². The fourth-order valence-corrected chi connectivity index (χ4v) is 6.02. The second kappa shape index (κ2) is 13.4. The molecule has 1 saturated carbocycles. The minimum atomic E-state index is -1.12. The molecular weight excluding hydrogens is 532 g/mol. The number of carbonyl (C=O) groups excluding carboxylic acids is 3. The lowest BCUT2D eigenvalue weighted by Gasteiger charge is -2.30. The molecule has 0 heterocycles. The molecule has 4 rings (SSSR count). The van der Waals surface area contributed by atoms with E-state index in [-0.39, 0.29) is 41.8 Å². The normalized spacial score (nSPS) is 16.5. The van der Waals surface area contributed by atoms with Crippen LogP contribution in [-0.4, -0.2) is 47.9 Å². The molecular formula is C34H42N2O6. The van der Waals surface area contributed by atoms with Crippen LogP contribution in [-0.2, 0) is 19.1 Å². The van der Waals surface area contributed by atoms with Crippen LogP contribution in [0.25, 0.3) is 11.1 Å². The maximum absolute atomic E-state index is 12.8. The van der Waals surface area contributed by atoms with Crippen LogP contribution in [0.5, 0.6) is 0 Å². The number of carbonyl (C=O) groups is 4. The summed E-state index contributed by atoms with van der Waals surface area (Å²) >= 11 is 0. The van der Waals surface area contributed by atoms with E-state index in [1.807, 2.05) is 64.1 Å². The number of allylic oxidation sites excluding steroid dienone is 2. The molecule has 42 heavy (non-hydrogen) atoms. The van der Waals surface area contributed by atoms with Crippen LogP contribution in [0.1, 0.15) is 83.3 Å². The summed E-state index contributed by atoms with van der Waals surface area (Å²) in [4.78, 5) is 50.1. The molecule has 224 valence electrons. The van der Waals surface area contributed by atoms with Crippen molar-refractivity contribution in [3.8, 4) is 11.1 Å². The first-order chi connectivity index (χ1) is 20.0. The largest absolute Gasteiger partial charge is 0.480 e. The second-order valence-electron chi connectivity index (χ2n) is 12.6. The Kier molecular flexibility index (Phi) is 9.86. The Bertz CT molecular complexity index is 1310. The van der Waals surface area contributed by atoms with Gasteiger partial charge in [-0.05, 0) is 59.3 Å². The van der Waals surface area contributed by atoms with Crippen LogP contribution in [0.15, 0.2) is 59.8 Å². The van der Waals surface area contributed by atoms with Gasteiger partial charge in [-0.25, -0.2) is 9.59 Å². The molecule has 0 aromatic heterocycles. The summed E-state index contributed by atoms with van der Waals surface area (Å²) in [5, 5.41) is 15.5. The first kappa shape index (κ1) is 31.0. The number of ketones is 2. The van der Waals surface area contributed by atoms with Gasteiger partial charge in [0.1, 0.15) is 12.6 Å². The van der Waals surface area contributed by atoms with Gasteiger partial charge in [-0.1, -0.05) is 76.2 Å². The van der Waals surface area contributed by atoms with E-state index < -0.39 is 18.1 Å². The zero-order valence-electron chi connectivity index (χ0n) is 25.0. The molecule has 1 fully saturated rings. The smallest absolute Gasteiger partial charge is 0.407 e. The number of alkyl carbamates (subject to hydrolysis) is 1. The number of hydrogen-bond acceptors (Lipinski definition) is 6. The number of benzene rings is 2. The number of rotatable bonds is 12. The Morgan fingerprint density at radius 3 is 2.07 bits per heavy atom. The Balaban J connectivity index is 1.28. The molecule has 0 saturated heterocycles. The van der Waals surface area contributed by atoms with Crippen LogP contribution in [0, 0.1) is 11.3 Å². The number of carboxylic acids is 1. The third kappa shape index (κ3) is 7.46. The SMILES string of the molecule is CC(C)CC(NCCCC[C@@H](NC(=O)OCC1c2ccccc2-c2ccccc21)C(=O)O)=C1C(=O)CC(C)(C)CC1=O. The van der Waals surface area contributed by atoms with Gasteiger partial charge in [0.25, 0.3) is 0 Å². The van der Waals surface area contributed by atoms with Gasteiger partial charge in [0.05, 0.1) is 5.57 Å². The van der Waals surface area contributed by atoms with Crippen LogP contribution >= 0.6 is 0 Å². The van der Waals surface area contributed by atoms with Crippen molar-refractivity contribution in [2.24, 2.45) is 11.3 Å². The maximum Gasteiger partial charge on any atom is 0.407 e. The highest BCUT2D eigenvalue weighted by molar-refractivity contribution is 6.22. The Labute approximate surface area is 247 Å². The number of hydrogen-bond donors (Lipinski definition) is 3. The van der Waals surface area contributed by atoms with Gasteiger partial charge >= 0.3 is 12.1 Å². The first-order valence-corrected chi connectivity index (χ1v) is 14.8. The highest BCUT2D eigenvalue weighted by Gasteiger charge is 2.37. The van der Waals surface area contributed by atoms with Gasteiger partial charge in [0.15, 0.2) is 11.6 Å². The molecule has 0 spiro atoms. The molecule has 0 unspecified atom stereocenters. The van der Waals surface area contributed by atoms with E-state index in [0.717, 1.165) is 22.3 Å². The Morgan fingerprint density at radius 2 is 1.52 bits per heavy atom. The third-order valence-corrected chi connectivity index (χ3v) is 7.94. The Hall–Kier alpha value is -3.94. The van der Waals surface area contributed by atoms with E-state index in [1.54, 1.807) is 0 Å². The predicted molar refractivity (Wildman–Crippen MR) is 161 cm³/mol. The fourth-order valence-electron chi connectivity index (χ4n) is 6.02. The molecule has 2 aromatic rings. The number of unbranched alkanes of at least 4 members (excludes halogenated alkanes) is 1. The van der Waals surface area contributed by atoms with E-state index in [2.05, 4.69) is 22.8 Å². The van der Waals surface area contributed by atoms with Crippen LogP contribution < -0.4 is 10.6 Å². The lowest BCUT2D eigenvalue weighted by Crippen LogP contribution is -2.41. The number of Topliss-reactive ketones (excluding diaryl/α,β-unsaturated/α-hetero) is 2. The number of ether oxygens (including phenoxy) is 1. The zero-order chi connectivity index (χ0) is 30.4. The minimum absolute atomic E-state index is 0.109. The van der Waals surface area contributed by atoms with E-state index in [4.69, 9.17) is 4.74 Å². The molecule has 2 aliphatic rings. The number of fused-ring (bicyclic) bond motifs is 3. The standard InChI is InChI=1S/C34H42N2O6/c1-21(2)17-28(31-29(37)18-34(3,4)19-30(31)38)35-16-10-9-15-27(32(39)40)36-33(41)42-20-26-24-13-7-5-11-22(24)23-12-6-8-14-25(23)26/h5-8,11-14,21,26-27,35H,9-10,15-20H2,1-4H3,(H,36,41)(H,39,40)/t27-/m1/s1. The minimum Gasteiger partial charge on any atom is -0.480 e. The predicted octanol–water partition coefficient (Wildman–Crippen LogP) is 6.00. The summed E-state index contributed by atoms with van der Waals surface area (Å²) in [6.07, 6.45) is 1.88. The number of aliphatic carboxylic acids is 1. The lowest BCUT2D eigenvalue weighted by atomic mass is 9.73. The van der Waals surface area contributed by atoms with Crippen molar-refractivity contribution in [3.63, 3.8) is 0 Å². The summed E-state index contributed by atoms with van der Waals surface area (Å²) < 4.78 is 5.52. The Morgan fingerprint density at radius 1 is 0.952 bits per heavy atom. The summed E-state index contributed by atoms with van der Waals surface area (Å²) in [6.45, 7) is 8.55. The molecule has 1 amide bonds. The number of amides is 1. The molecule has 0 bridgehead atoms. The van der Waals surface area contributed by atoms with Gasteiger partial charge in [0.2, 0.25) is 0 Å². The summed E-state index contributed by atoms with van der Waals surface area (Å²) in [5.41, 5.74) is 5.05. The quantitative estimate of drug-likeness (QED) is 0.162. The van der Waals surface area contributed by atoms with Gasteiger partial charge in [-0.15, -0.1) is 0 Å². The molecule has 8 nitrogen and oxygen atoms in total.